The lowest BCUT2D eigenvalue weighted by Crippen LogP contribution is -2.30. The number of benzene rings is 1. The molecular weight excluding hydrogens is 624 g/mol. The van der Waals surface area contributed by atoms with Crippen LogP contribution in [0.15, 0.2) is 18.2 Å². The normalized spacial score (nSPS) is 12.4. The van der Waals surface area contributed by atoms with Crippen molar-refractivity contribution in [3.05, 3.63) is 35.2 Å². The Balaban J connectivity index is 2.95. The van der Waals surface area contributed by atoms with Crippen LogP contribution in [0.25, 0.3) is 0 Å². The summed E-state index contributed by atoms with van der Waals surface area (Å²) in [5.41, 5.74) is -15.1. The highest BCUT2D eigenvalue weighted by Crippen LogP contribution is 2.44. The number of aryl methyl sites for hydroxylation is 1. The van der Waals surface area contributed by atoms with Crippen LogP contribution >= 0.6 is 0 Å². The molecule has 1 aromatic heterocycles. The van der Waals surface area contributed by atoms with E-state index >= 15 is 0 Å². The molecule has 0 atom stereocenters. The number of hydrogen-bond donors (Lipinski definition) is 0. The van der Waals surface area contributed by atoms with E-state index in [4.69, 9.17) is 9.47 Å². The van der Waals surface area contributed by atoms with Crippen molar-refractivity contribution in [2.75, 3.05) is 28.4 Å². The summed E-state index contributed by atoms with van der Waals surface area (Å²) in [4.78, 5) is 25.2. The summed E-state index contributed by atoms with van der Waals surface area (Å²) in [6, 6.07) is 4.19. The summed E-state index contributed by atoms with van der Waals surface area (Å²) in [6.45, 7) is -0.734. The molecule has 1 heterocycles. The zero-order valence-corrected chi connectivity index (χ0v) is 22.7. The monoisotopic (exact) mass is 643 g/mol. The molecule has 230 valence electrons. The van der Waals surface area contributed by atoms with E-state index in [1.807, 2.05) is 0 Å². The van der Waals surface area contributed by atoms with Gasteiger partial charge in [-0.1, -0.05) is 6.07 Å². The third-order valence-electron chi connectivity index (χ3n) is 4.96. The molecule has 0 saturated heterocycles. The molecule has 2 rings (SSSR count). The molecule has 0 aliphatic rings. The molecule has 2 aromatic rings. The van der Waals surface area contributed by atoms with Gasteiger partial charge in [0.2, 0.25) is 11.5 Å². The SMILES string of the molecule is COC(=O)c1c(OS(=O)(=O)C(F)(F)F)c(OS(=O)(=O)C(F)(F)F)c(C(=O)OC)n1CCc1ccc(OC)c(OC)c1. The Kier molecular flexibility index (Phi) is 9.69. The molecule has 0 radical (unpaired) electrons. The smallest absolute Gasteiger partial charge is 0.493 e. The number of nitrogens with zero attached hydrogens (tertiary/aromatic N) is 1. The summed E-state index contributed by atoms with van der Waals surface area (Å²) in [6.07, 6.45) is -0.306. The second-order valence-corrected chi connectivity index (χ2v) is 10.5. The molecule has 0 saturated carbocycles. The Morgan fingerprint density at radius 1 is 0.732 bits per heavy atom. The highest BCUT2D eigenvalue weighted by molar-refractivity contribution is 7.88. The minimum Gasteiger partial charge on any atom is -0.493 e. The first-order valence-electron chi connectivity index (χ1n) is 10.4. The number of alkyl halides is 6. The van der Waals surface area contributed by atoms with Gasteiger partial charge in [0.15, 0.2) is 22.9 Å². The lowest BCUT2D eigenvalue weighted by atomic mass is 10.1. The maximum Gasteiger partial charge on any atom is 0.534 e. The van der Waals surface area contributed by atoms with Gasteiger partial charge in [-0.3, -0.25) is 0 Å². The van der Waals surface area contributed by atoms with Gasteiger partial charge in [-0.05, 0) is 24.1 Å². The highest BCUT2D eigenvalue weighted by atomic mass is 32.2. The summed E-state index contributed by atoms with van der Waals surface area (Å²) in [7, 11) is -9.78. The summed E-state index contributed by atoms with van der Waals surface area (Å²) >= 11 is 0. The predicted molar refractivity (Wildman–Crippen MR) is 122 cm³/mol. The predicted octanol–water partition coefficient (Wildman–Crippen LogP) is 2.78. The van der Waals surface area contributed by atoms with Crippen molar-refractivity contribution in [2.24, 2.45) is 0 Å². The minimum atomic E-state index is -6.81. The van der Waals surface area contributed by atoms with E-state index < -0.39 is 72.6 Å². The third kappa shape index (κ3) is 6.89. The molecule has 0 amide bonds. The molecule has 0 N–H and O–H groups in total. The number of halogens is 6. The first-order valence-corrected chi connectivity index (χ1v) is 13.2. The van der Waals surface area contributed by atoms with Crippen molar-refractivity contribution in [1.29, 1.82) is 0 Å². The van der Waals surface area contributed by atoms with Crippen LogP contribution in [0.2, 0.25) is 0 Å². The number of carbonyl (C=O) groups is 2. The van der Waals surface area contributed by atoms with Crippen molar-refractivity contribution in [2.45, 2.75) is 24.0 Å². The first kappa shape index (κ1) is 33.3. The van der Waals surface area contributed by atoms with Crippen LogP contribution in [0.4, 0.5) is 26.3 Å². The van der Waals surface area contributed by atoms with Crippen molar-refractivity contribution < 1.29 is 80.1 Å². The van der Waals surface area contributed by atoms with Crippen LogP contribution in [-0.4, -0.2) is 72.8 Å². The lowest BCUT2D eigenvalue weighted by Gasteiger charge is -2.13. The summed E-state index contributed by atoms with van der Waals surface area (Å²) < 4.78 is 153. The topological polar surface area (TPSA) is 163 Å². The van der Waals surface area contributed by atoms with Crippen molar-refractivity contribution in [3.8, 4) is 23.0 Å². The van der Waals surface area contributed by atoms with Gasteiger partial charge in [0.1, 0.15) is 0 Å². The van der Waals surface area contributed by atoms with Crippen molar-refractivity contribution in [1.82, 2.24) is 4.57 Å². The second-order valence-electron chi connectivity index (χ2n) is 7.40. The van der Waals surface area contributed by atoms with Crippen LogP contribution in [0.3, 0.4) is 0 Å². The molecule has 1 aromatic carbocycles. The number of ether oxygens (including phenoxy) is 4. The standard InChI is InChI=1S/C20H19F6NO12S2/c1-34-11-6-5-10(9-12(11)35-2)7-8-27-13(17(28)36-3)15(38-40(30,31)19(21,22)23)16(14(27)18(29)37-4)39-41(32,33)20(24,25)26/h5-6,9H,7-8H2,1-4H3. The summed E-state index contributed by atoms with van der Waals surface area (Å²) in [5.74, 6) is -7.21. The quantitative estimate of drug-likeness (QED) is 0.153. The van der Waals surface area contributed by atoms with E-state index in [1.54, 1.807) is 0 Å². The fourth-order valence-electron chi connectivity index (χ4n) is 3.14. The molecule has 0 bridgehead atoms. The van der Waals surface area contributed by atoms with Gasteiger partial charge in [-0.25, -0.2) is 9.59 Å². The van der Waals surface area contributed by atoms with Gasteiger partial charge in [0.05, 0.1) is 28.4 Å². The van der Waals surface area contributed by atoms with E-state index in [0.29, 0.717) is 24.4 Å². The average molecular weight is 643 g/mol. The van der Waals surface area contributed by atoms with Gasteiger partial charge in [0, 0.05) is 6.54 Å². The van der Waals surface area contributed by atoms with Gasteiger partial charge < -0.3 is 31.9 Å². The molecule has 21 heteroatoms. The molecule has 0 unspecified atom stereocenters. The van der Waals surface area contributed by atoms with E-state index in [1.165, 1.54) is 32.4 Å². The Morgan fingerprint density at radius 2 is 1.15 bits per heavy atom. The maximum atomic E-state index is 13.1. The Bertz CT molecular complexity index is 1450. The van der Waals surface area contributed by atoms with Crippen LogP contribution in [0, 0.1) is 0 Å². The number of rotatable bonds is 11. The largest absolute Gasteiger partial charge is 0.534 e. The molecule has 0 aliphatic carbocycles. The van der Waals surface area contributed by atoms with Crippen LogP contribution < -0.4 is 17.8 Å². The van der Waals surface area contributed by atoms with Crippen LogP contribution in [0.5, 0.6) is 23.0 Å². The highest BCUT2D eigenvalue weighted by Gasteiger charge is 2.53. The van der Waals surface area contributed by atoms with Crippen molar-refractivity contribution >= 4 is 32.2 Å². The van der Waals surface area contributed by atoms with Gasteiger partial charge in [-0.15, -0.1) is 0 Å². The number of carbonyl (C=O) groups excluding carboxylic acids is 2. The first-order chi connectivity index (χ1) is 18.8. The molecular formula is C20H19F6NO12S2. The molecule has 41 heavy (non-hydrogen) atoms. The molecule has 0 aliphatic heterocycles. The third-order valence-corrected chi connectivity index (χ3v) is 6.86. The zero-order valence-electron chi connectivity index (χ0n) is 21.1. The number of methoxy groups -OCH3 is 4. The number of hydrogen-bond acceptors (Lipinski definition) is 12. The van der Waals surface area contributed by atoms with E-state index in [2.05, 4.69) is 17.8 Å². The van der Waals surface area contributed by atoms with Gasteiger partial charge in [0.25, 0.3) is 0 Å². The van der Waals surface area contributed by atoms with Gasteiger partial charge >= 0.3 is 43.2 Å². The van der Waals surface area contributed by atoms with E-state index in [0.717, 1.165) is 0 Å². The van der Waals surface area contributed by atoms with E-state index in [9.17, 15) is 52.8 Å². The molecule has 0 spiro atoms. The fourth-order valence-corrected chi connectivity index (χ4v) is 4.08. The zero-order chi connectivity index (χ0) is 31.6. The second kappa shape index (κ2) is 11.9. The van der Waals surface area contributed by atoms with Crippen molar-refractivity contribution in [3.63, 3.8) is 0 Å². The Morgan fingerprint density at radius 3 is 1.49 bits per heavy atom. The van der Waals surface area contributed by atoms with Gasteiger partial charge in [-0.2, -0.15) is 43.2 Å². The molecule has 0 fully saturated rings. The fraction of sp³-hybridized carbons (Fsp3) is 0.400. The number of esters is 2. The molecule has 13 nitrogen and oxygen atoms in total. The van der Waals surface area contributed by atoms with Crippen LogP contribution in [0.1, 0.15) is 26.5 Å². The lowest BCUT2D eigenvalue weighted by molar-refractivity contribution is -0.0513. The Labute approximate surface area is 227 Å². The average Bonchev–Trinajstić information content (AvgIpc) is 3.16. The Hall–Kier alpha value is -3.88. The minimum absolute atomic E-state index is 0.166. The van der Waals surface area contributed by atoms with E-state index in [-0.39, 0.29) is 17.9 Å². The number of aromatic nitrogens is 1. The summed E-state index contributed by atoms with van der Waals surface area (Å²) in [5, 5.41) is 0. The van der Waals surface area contributed by atoms with Crippen LogP contribution in [-0.2, 0) is 42.7 Å². The maximum absolute atomic E-state index is 13.1.